The van der Waals surface area contributed by atoms with Gasteiger partial charge in [-0.2, -0.15) is 0 Å². The Morgan fingerprint density at radius 3 is 2.17 bits per heavy atom. The number of amides is 1. The average molecular weight is 269 g/mol. The summed E-state index contributed by atoms with van der Waals surface area (Å²) in [5, 5.41) is 3.43. The van der Waals surface area contributed by atoms with E-state index in [0.29, 0.717) is 12.1 Å². The van der Waals surface area contributed by atoms with Gasteiger partial charge in [-0.3, -0.25) is 4.79 Å². The molecule has 2 atom stereocenters. The van der Waals surface area contributed by atoms with Crippen molar-refractivity contribution in [3.8, 4) is 0 Å². The fourth-order valence-electron chi connectivity index (χ4n) is 2.37. The molecule has 2 rings (SSSR count). The van der Waals surface area contributed by atoms with Gasteiger partial charge in [0.2, 0.25) is 0 Å². The Kier molecular flexibility index (Phi) is 5.17. The summed E-state index contributed by atoms with van der Waals surface area (Å²) in [5.41, 5.74) is 1.97. The molecule has 2 unspecified atom stereocenters. The Hall–Kier alpha value is -1.06. The topological polar surface area (TPSA) is 32.3 Å². The number of hydrogen-bond acceptors (Lipinski definition) is 2. The van der Waals surface area contributed by atoms with Crippen molar-refractivity contribution in [1.82, 2.24) is 10.2 Å². The number of nitrogens with one attached hydrogen (secondary N) is 1. The van der Waals surface area contributed by atoms with Gasteiger partial charge < -0.3 is 10.2 Å². The van der Waals surface area contributed by atoms with Crippen molar-refractivity contribution in [2.24, 2.45) is 0 Å². The van der Waals surface area contributed by atoms with Crippen LogP contribution in [0.4, 0.5) is 0 Å². The molecule has 0 aliphatic carbocycles. The van der Waals surface area contributed by atoms with E-state index in [1.165, 1.54) is 5.56 Å². The first kappa shape index (κ1) is 15.0. The van der Waals surface area contributed by atoms with Gasteiger partial charge in [-0.15, -0.1) is 12.4 Å². The van der Waals surface area contributed by atoms with Gasteiger partial charge in [-0.05, 0) is 32.9 Å². The maximum Gasteiger partial charge on any atom is 0.253 e. The summed E-state index contributed by atoms with van der Waals surface area (Å²) >= 11 is 0. The molecule has 0 bridgehead atoms. The van der Waals surface area contributed by atoms with Crippen LogP contribution in [0, 0.1) is 6.92 Å². The first-order valence-corrected chi connectivity index (χ1v) is 6.18. The van der Waals surface area contributed by atoms with Gasteiger partial charge >= 0.3 is 0 Å². The molecule has 1 saturated heterocycles. The van der Waals surface area contributed by atoms with E-state index in [-0.39, 0.29) is 18.3 Å². The van der Waals surface area contributed by atoms with Gasteiger partial charge in [0.05, 0.1) is 0 Å². The monoisotopic (exact) mass is 268 g/mol. The second kappa shape index (κ2) is 6.21. The minimum absolute atomic E-state index is 0. The van der Waals surface area contributed by atoms with E-state index in [1.807, 2.05) is 36.1 Å². The number of piperazine rings is 1. The highest BCUT2D eigenvalue weighted by Gasteiger charge is 2.25. The van der Waals surface area contributed by atoms with Crippen LogP contribution in [0.2, 0.25) is 0 Å². The van der Waals surface area contributed by atoms with E-state index in [1.54, 1.807) is 0 Å². The zero-order chi connectivity index (χ0) is 12.4. The molecule has 1 aromatic rings. The highest BCUT2D eigenvalue weighted by Crippen LogP contribution is 2.11. The van der Waals surface area contributed by atoms with Gasteiger partial charge in [0, 0.05) is 30.7 Å². The van der Waals surface area contributed by atoms with E-state index in [0.717, 1.165) is 18.7 Å². The Labute approximate surface area is 115 Å². The van der Waals surface area contributed by atoms with Crippen molar-refractivity contribution in [2.45, 2.75) is 32.9 Å². The molecule has 1 fully saturated rings. The zero-order valence-corrected chi connectivity index (χ0v) is 12.0. The number of rotatable bonds is 1. The summed E-state index contributed by atoms with van der Waals surface area (Å²) in [6.07, 6.45) is 0. The largest absolute Gasteiger partial charge is 0.336 e. The maximum atomic E-state index is 12.3. The van der Waals surface area contributed by atoms with Crippen LogP contribution in [-0.4, -0.2) is 36.0 Å². The molecule has 18 heavy (non-hydrogen) atoms. The van der Waals surface area contributed by atoms with Crippen LogP contribution in [0.25, 0.3) is 0 Å². The molecular formula is C14H21ClN2O. The fourth-order valence-corrected chi connectivity index (χ4v) is 2.37. The minimum Gasteiger partial charge on any atom is -0.336 e. The third kappa shape index (κ3) is 3.47. The number of carbonyl (C=O) groups is 1. The molecule has 0 saturated carbocycles. The minimum atomic E-state index is 0. The normalized spacial score (nSPS) is 23.4. The van der Waals surface area contributed by atoms with Gasteiger partial charge in [-0.1, -0.05) is 17.7 Å². The van der Waals surface area contributed by atoms with Crippen LogP contribution >= 0.6 is 12.4 Å². The number of carbonyl (C=O) groups excluding carboxylic acids is 1. The van der Waals surface area contributed by atoms with E-state index in [9.17, 15) is 4.79 Å². The van der Waals surface area contributed by atoms with E-state index in [2.05, 4.69) is 19.2 Å². The molecule has 0 spiro atoms. The van der Waals surface area contributed by atoms with Crippen LogP contribution in [0.5, 0.6) is 0 Å². The summed E-state index contributed by atoms with van der Waals surface area (Å²) in [7, 11) is 0. The Bertz CT molecular complexity index is 395. The fraction of sp³-hybridized carbons (Fsp3) is 0.500. The van der Waals surface area contributed by atoms with Crippen LogP contribution in [0.3, 0.4) is 0 Å². The van der Waals surface area contributed by atoms with Crippen LogP contribution in [0.1, 0.15) is 29.8 Å². The lowest BCUT2D eigenvalue weighted by Crippen LogP contribution is -2.55. The highest BCUT2D eigenvalue weighted by molar-refractivity contribution is 5.94. The number of nitrogens with zero attached hydrogens (tertiary/aromatic N) is 1. The molecule has 100 valence electrons. The molecule has 1 aromatic carbocycles. The van der Waals surface area contributed by atoms with E-state index >= 15 is 0 Å². The predicted molar refractivity (Wildman–Crippen MR) is 76.4 cm³/mol. The molecule has 4 heteroatoms. The summed E-state index contributed by atoms with van der Waals surface area (Å²) in [6, 6.07) is 8.54. The van der Waals surface area contributed by atoms with Gasteiger partial charge in [-0.25, -0.2) is 0 Å². The second-order valence-electron chi connectivity index (χ2n) is 5.04. The van der Waals surface area contributed by atoms with Crippen LogP contribution < -0.4 is 5.32 Å². The Balaban J connectivity index is 0.00000162. The second-order valence-corrected chi connectivity index (χ2v) is 5.04. The molecule has 1 aliphatic heterocycles. The predicted octanol–water partition coefficient (Wildman–Crippen LogP) is 2.24. The first-order chi connectivity index (χ1) is 8.06. The van der Waals surface area contributed by atoms with Gasteiger partial charge in [0.15, 0.2) is 0 Å². The molecule has 0 radical (unpaired) electrons. The summed E-state index contributed by atoms with van der Waals surface area (Å²) in [5.74, 6) is 0.144. The number of halogens is 1. The maximum absolute atomic E-state index is 12.3. The lowest BCUT2D eigenvalue weighted by Gasteiger charge is -2.36. The third-order valence-electron chi connectivity index (χ3n) is 3.14. The van der Waals surface area contributed by atoms with E-state index in [4.69, 9.17) is 0 Å². The SMILES string of the molecule is Cc1ccc(C(=O)N2CC(C)NC(C)C2)cc1.Cl. The average Bonchev–Trinajstić information content (AvgIpc) is 2.28. The summed E-state index contributed by atoms with van der Waals surface area (Å²) < 4.78 is 0. The summed E-state index contributed by atoms with van der Waals surface area (Å²) in [4.78, 5) is 14.2. The zero-order valence-electron chi connectivity index (χ0n) is 11.1. The van der Waals surface area contributed by atoms with Crippen molar-refractivity contribution in [3.63, 3.8) is 0 Å². The van der Waals surface area contributed by atoms with Crippen molar-refractivity contribution in [3.05, 3.63) is 35.4 Å². The molecule has 1 amide bonds. The molecule has 0 aromatic heterocycles. The Morgan fingerprint density at radius 2 is 1.67 bits per heavy atom. The summed E-state index contributed by atoms with van der Waals surface area (Å²) in [6.45, 7) is 7.84. The van der Waals surface area contributed by atoms with E-state index < -0.39 is 0 Å². The lowest BCUT2D eigenvalue weighted by atomic mass is 10.1. The smallest absolute Gasteiger partial charge is 0.253 e. The molecule has 3 nitrogen and oxygen atoms in total. The van der Waals surface area contributed by atoms with Crippen LogP contribution in [-0.2, 0) is 0 Å². The first-order valence-electron chi connectivity index (χ1n) is 6.18. The molecule has 1 heterocycles. The quantitative estimate of drug-likeness (QED) is 0.847. The third-order valence-corrected chi connectivity index (χ3v) is 3.14. The molecular weight excluding hydrogens is 248 g/mol. The Morgan fingerprint density at radius 1 is 1.17 bits per heavy atom. The molecule has 1 aliphatic rings. The van der Waals surface area contributed by atoms with Crippen molar-refractivity contribution >= 4 is 18.3 Å². The van der Waals surface area contributed by atoms with Crippen molar-refractivity contribution in [2.75, 3.05) is 13.1 Å². The number of aryl methyl sites for hydroxylation is 1. The van der Waals surface area contributed by atoms with Gasteiger partial charge in [0.25, 0.3) is 5.91 Å². The van der Waals surface area contributed by atoms with Crippen molar-refractivity contribution in [1.29, 1.82) is 0 Å². The molecule has 1 N–H and O–H groups in total. The lowest BCUT2D eigenvalue weighted by molar-refractivity contribution is 0.0674. The highest BCUT2D eigenvalue weighted by atomic mass is 35.5. The number of benzene rings is 1. The van der Waals surface area contributed by atoms with Crippen molar-refractivity contribution < 1.29 is 4.79 Å². The standard InChI is InChI=1S/C14H20N2O.ClH/c1-10-4-6-13(7-5-10)14(17)16-8-11(2)15-12(3)9-16;/h4-7,11-12,15H,8-9H2,1-3H3;1H. The van der Waals surface area contributed by atoms with Crippen LogP contribution in [0.15, 0.2) is 24.3 Å². The van der Waals surface area contributed by atoms with Gasteiger partial charge in [0.1, 0.15) is 0 Å². The number of hydrogen-bond donors (Lipinski definition) is 1.